The molecule has 1 aliphatic rings. The van der Waals surface area contributed by atoms with E-state index in [-0.39, 0.29) is 6.10 Å². The third-order valence-electron chi connectivity index (χ3n) is 3.68. The third kappa shape index (κ3) is 4.16. The van der Waals surface area contributed by atoms with Crippen molar-refractivity contribution in [1.29, 1.82) is 0 Å². The minimum absolute atomic E-state index is 0.219. The molecule has 5 heteroatoms. The van der Waals surface area contributed by atoms with Crippen LogP contribution in [0, 0.1) is 5.92 Å². The quantitative estimate of drug-likeness (QED) is 0.813. The van der Waals surface area contributed by atoms with Gasteiger partial charge in [0.1, 0.15) is 16.9 Å². The molecule has 1 fully saturated rings. The average Bonchev–Trinajstić information content (AvgIpc) is 2.43. The van der Waals surface area contributed by atoms with E-state index in [4.69, 9.17) is 27.9 Å². The second-order valence-electron chi connectivity index (χ2n) is 5.53. The standard InChI is InChI=1S/C15H22Cl2N2O/c1-3-8-18-14-12(16)9-13(17)15(19-14)20-11-6-4-10(2)5-7-11/h9-11H,3-8H2,1-2H3,(H,18,19). The number of ether oxygens (including phenoxy) is 1. The number of hydrogen-bond donors (Lipinski definition) is 1. The summed E-state index contributed by atoms with van der Waals surface area (Å²) in [5.41, 5.74) is 0. The number of aromatic nitrogens is 1. The Labute approximate surface area is 131 Å². The zero-order valence-electron chi connectivity index (χ0n) is 12.1. The number of nitrogens with one attached hydrogen (secondary N) is 1. The Morgan fingerprint density at radius 1 is 1.25 bits per heavy atom. The minimum Gasteiger partial charge on any atom is -0.473 e. The number of anilines is 1. The Balaban J connectivity index is 2.06. The highest BCUT2D eigenvalue weighted by molar-refractivity contribution is 6.36. The van der Waals surface area contributed by atoms with Crippen LogP contribution in [0.5, 0.6) is 5.88 Å². The molecule has 1 aromatic heterocycles. The van der Waals surface area contributed by atoms with E-state index in [1.54, 1.807) is 6.07 Å². The summed E-state index contributed by atoms with van der Waals surface area (Å²) in [5, 5.41) is 4.21. The topological polar surface area (TPSA) is 34.2 Å². The molecule has 0 aliphatic heterocycles. The lowest BCUT2D eigenvalue weighted by atomic mass is 9.89. The van der Waals surface area contributed by atoms with Crippen molar-refractivity contribution in [2.45, 2.75) is 52.1 Å². The second-order valence-corrected chi connectivity index (χ2v) is 6.35. The van der Waals surface area contributed by atoms with Crippen molar-refractivity contribution < 1.29 is 4.74 Å². The molecule has 1 N–H and O–H groups in total. The fourth-order valence-corrected chi connectivity index (χ4v) is 2.87. The van der Waals surface area contributed by atoms with Crippen LogP contribution in [-0.4, -0.2) is 17.6 Å². The van der Waals surface area contributed by atoms with Gasteiger partial charge in [0.05, 0.1) is 5.02 Å². The first-order chi connectivity index (χ1) is 9.60. The van der Waals surface area contributed by atoms with Crippen LogP contribution in [0.2, 0.25) is 10.0 Å². The molecule has 2 rings (SSSR count). The molecule has 0 saturated heterocycles. The summed E-state index contributed by atoms with van der Waals surface area (Å²) in [6.45, 7) is 5.21. The second kappa shape index (κ2) is 7.37. The van der Waals surface area contributed by atoms with Crippen molar-refractivity contribution in [1.82, 2.24) is 4.98 Å². The summed E-state index contributed by atoms with van der Waals surface area (Å²) in [6, 6.07) is 1.70. The van der Waals surface area contributed by atoms with Crippen LogP contribution < -0.4 is 10.1 Å². The molecule has 0 atom stereocenters. The Morgan fingerprint density at radius 2 is 1.95 bits per heavy atom. The lowest BCUT2D eigenvalue weighted by Gasteiger charge is -2.26. The molecule has 112 valence electrons. The fraction of sp³-hybridized carbons (Fsp3) is 0.667. The van der Waals surface area contributed by atoms with Crippen molar-refractivity contribution in [2.75, 3.05) is 11.9 Å². The summed E-state index contributed by atoms with van der Waals surface area (Å²) in [7, 11) is 0. The number of hydrogen-bond acceptors (Lipinski definition) is 3. The minimum atomic E-state index is 0.219. The third-order valence-corrected chi connectivity index (χ3v) is 4.24. The van der Waals surface area contributed by atoms with Gasteiger partial charge in [0.2, 0.25) is 5.88 Å². The SMILES string of the molecule is CCCNc1nc(OC2CCC(C)CC2)c(Cl)cc1Cl. The number of pyridine rings is 1. The van der Waals surface area contributed by atoms with E-state index in [1.165, 1.54) is 12.8 Å². The van der Waals surface area contributed by atoms with Gasteiger partial charge in [-0.25, -0.2) is 0 Å². The molecule has 0 unspecified atom stereocenters. The Hall–Kier alpha value is -0.670. The summed E-state index contributed by atoms with van der Waals surface area (Å²) < 4.78 is 5.97. The molecule has 1 aliphatic carbocycles. The summed E-state index contributed by atoms with van der Waals surface area (Å²) in [4.78, 5) is 4.43. The van der Waals surface area contributed by atoms with Crippen molar-refractivity contribution in [3.8, 4) is 5.88 Å². The maximum absolute atomic E-state index is 6.18. The lowest BCUT2D eigenvalue weighted by molar-refractivity contribution is 0.130. The molecule has 0 aromatic carbocycles. The van der Waals surface area contributed by atoms with Gasteiger partial charge in [-0.3, -0.25) is 0 Å². The number of rotatable bonds is 5. The first-order valence-corrected chi connectivity index (χ1v) is 8.12. The van der Waals surface area contributed by atoms with Gasteiger partial charge >= 0.3 is 0 Å². The normalized spacial score (nSPS) is 22.6. The molecule has 20 heavy (non-hydrogen) atoms. The lowest BCUT2D eigenvalue weighted by Crippen LogP contribution is -2.23. The van der Waals surface area contributed by atoms with Crippen molar-refractivity contribution >= 4 is 29.0 Å². The van der Waals surface area contributed by atoms with Crippen LogP contribution in [0.3, 0.4) is 0 Å². The average molecular weight is 317 g/mol. The zero-order chi connectivity index (χ0) is 14.5. The molecule has 1 aromatic rings. The van der Waals surface area contributed by atoms with Gasteiger partial charge in [0, 0.05) is 6.54 Å². The van der Waals surface area contributed by atoms with Gasteiger partial charge in [-0.1, -0.05) is 37.0 Å². The maximum Gasteiger partial charge on any atom is 0.234 e. The smallest absolute Gasteiger partial charge is 0.234 e. The van der Waals surface area contributed by atoms with E-state index in [1.807, 2.05) is 0 Å². The summed E-state index contributed by atoms with van der Waals surface area (Å²) >= 11 is 12.3. The molecular weight excluding hydrogens is 295 g/mol. The molecule has 1 heterocycles. The monoisotopic (exact) mass is 316 g/mol. The van der Waals surface area contributed by atoms with E-state index in [9.17, 15) is 0 Å². The highest BCUT2D eigenvalue weighted by Gasteiger charge is 2.21. The molecule has 0 bridgehead atoms. The Bertz CT molecular complexity index is 446. The van der Waals surface area contributed by atoms with E-state index in [2.05, 4.69) is 24.1 Å². The van der Waals surface area contributed by atoms with Crippen LogP contribution in [0.25, 0.3) is 0 Å². The molecule has 0 radical (unpaired) electrons. The van der Waals surface area contributed by atoms with Crippen LogP contribution in [-0.2, 0) is 0 Å². The van der Waals surface area contributed by atoms with Gasteiger partial charge in [-0.05, 0) is 44.1 Å². The van der Waals surface area contributed by atoms with Gasteiger partial charge in [-0.2, -0.15) is 4.98 Å². The number of halogens is 2. The molecule has 1 saturated carbocycles. The number of nitrogens with zero attached hydrogens (tertiary/aromatic N) is 1. The Kier molecular flexibility index (Phi) is 5.79. The van der Waals surface area contributed by atoms with E-state index >= 15 is 0 Å². The molecule has 0 spiro atoms. The van der Waals surface area contributed by atoms with Gasteiger partial charge in [-0.15, -0.1) is 0 Å². The van der Waals surface area contributed by atoms with Crippen molar-refractivity contribution in [2.24, 2.45) is 5.92 Å². The Morgan fingerprint density at radius 3 is 2.60 bits per heavy atom. The van der Waals surface area contributed by atoms with Crippen LogP contribution in [0.15, 0.2) is 6.07 Å². The van der Waals surface area contributed by atoms with Crippen LogP contribution in [0.4, 0.5) is 5.82 Å². The summed E-state index contributed by atoms with van der Waals surface area (Å²) in [5.74, 6) is 1.94. The van der Waals surface area contributed by atoms with Gasteiger partial charge in [0.25, 0.3) is 0 Å². The largest absolute Gasteiger partial charge is 0.473 e. The van der Waals surface area contributed by atoms with E-state index in [0.29, 0.717) is 21.7 Å². The molecule has 0 amide bonds. The van der Waals surface area contributed by atoms with Gasteiger partial charge < -0.3 is 10.1 Å². The summed E-state index contributed by atoms with van der Waals surface area (Å²) in [6.07, 6.45) is 5.78. The van der Waals surface area contributed by atoms with E-state index < -0.39 is 0 Å². The first kappa shape index (κ1) is 15.7. The van der Waals surface area contributed by atoms with Crippen LogP contribution >= 0.6 is 23.2 Å². The predicted molar refractivity (Wildman–Crippen MR) is 85.1 cm³/mol. The highest BCUT2D eigenvalue weighted by Crippen LogP contribution is 2.33. The van der Waals surface area contributed by atoms with Gasteiger partial charge in [0.15, 0.2) is 0 Å². The predicted octanol–water partition coefficient (Wildman–Crippen LogP) is 5.17. The molecule has 3 nitrogen and oxygen atoms in total. The van der Waals surface area contributed by atoms with Crippen molar-refractivity contribution in [3.05, 3.63) is 16.1 Å². The highest BCUT2D eigenvalue weighted by atomic mass is 35.5. The van der Waals surface area contributed by atoms with E-state index in [0.717, 1.165) is 31.7 Å². The first-order valence-electron chi connectivity index (χ1n) is 7.36. The fourth-order valence-electron chi connectivity index (χ4n) is 2.40. The maximum atomic E-state index is 6.18. The van der Waals surface area contributed by atoms with Crippen molar-refractivity contribution in [3.63, 3.8) is 0 Å². The zero-order valence-corrected chi connectivity index (χ0v) is 13.6. The molecular formula is C15H22Cl2N2O. The van der Waals surface area contributed by atoms with Crippen LogP contribution in [0.1, 0.15) is 46.0 Å².